The lowest BCUT2D eigenvalue weighted by Gasteiger charge is -2.34. The summed E-state index contributed by atoms with van der Waals surface area (Å²) in [6.07, 6.45) is 0. The van der Waals surface area contributed by atoms with Crippen molar-refractivity contribution in [2.45, 2.75) is 30.4 Å². The molecule has 0 amide bonds. The lowest BCUT2D eigenvalue weighted by atomic mass is 9.98. The Kier molecular flexibility index (Phi) is 5.11. The van der Waals surface area contributed by atoms with E-state index in [0.717, 1.165) is 11.5 Å². The largest absolute Gasteiger partial charge is 0.271 e. The van der Waals surface area contributed by atoms with Gasteiger partial charge in [-0.1, -0.05) is 13.0 Å². The van der Waals surface area contributed by atoms with Gasteiger partial charge in [0.05, 0.1) is 6.04 Å². The van der Waals surface area contributed by atoms with Crippen LogP contribution in [0.4, 0.5) is 8.78 Å². The van der Waals surface area contributed by atoms with Crippen LogP contribution < -0.4 is 11.3 Å². The number of benzene rings is 1. The van der Waals surface area contributed by atoms with Crippen LogP contribution in [0.2, 0.25) is 0 Å². The molecule has 19 heavy (non-hydrogen) atoms. The predicted octanol–water partition coefficient (Wildman–Crippen LogP) is 3.01. The average molecular weight is 304 g/mol. The van der Waals surface area contributed by atoms with Crippen molar-refractivity contribution >= 4 is 23.5 Å². The third-order valence-corrected chi connectivity index (χ3v) is 6.57. The van der Waals surface area contributed by atoms with Gasteiger partial charge in [0.15, 0.2) is 0 Å². The molecule has 0 bridgehead atoms. The second kappa shape index (κ2) is 6.43. The average Bonchev–Trinajstić information content (AvgIpc) is 2.40. The number of nitrogens with two attached hydrogens (primary N) is 1. The van der Waals surface area contributed by atoms with Gasteiger partial charge in [-0.15, -0.1) is 0 Å². The Labute approximate surface area is 120 Å². The highest BCUT2D eigenvalue weighted by molar-refractivity contribution is 8.07. The van der Waals surface area contributed by atoms with E-state index in [-0.39, 0.29) is 10.8 Å². The molecule has 0 aliphatic carbocycles. The van der Waals surface area contributed by atoms with Gasteiger partial charge < -0.3 is 0 Å². The quantitative estimate of drug-likeness (QED) is 0.665. The zero-order valence-electron chi connectivity index (χ0n) is 11.0. The van der Waals surface area contributed by atoms with Crippen LogP contribution in [0.25, 0.3) is 0 Å². The van der Waals surface area contributed by atoms with E-state index < -0.39 is 17.7 Å². The number of halogens is 2. The van der Waals surface area contributed by atoms with Gasteiger partial charge in [-0.3, -0.25) is 11.3 Å². The molecule has 0 spiro atoms. The van der Waals surface area contributed by atoms with Crippen molar-refractivity contribution in [2.75, 3.05) is 11.5 Å². The minimum atomic E-state index is -0.533. The van der Waals surface area contributed by atoms with Crippen molar-refractivity contribution in [1.82, 2.24) is 5.43 Å². The first-order chi connectivity index (χ1) is 9.06. The normalized spacial score (nSPS) is 25.3. The monoisotopic (exact) mass is 304 g/mol. The van der Waals surface area contributed by atoms with E-state index in [2.05, 4.69) is 12.3 Å². The summed E-state index contributed by atoms with van der Waals surface area (Å²) in [6.45, 7) is 3.72. The molecule has 1 fully saturated rings. The van der Waals surface area contributed by atoms with E-state index in [1.165, 1.54) is 12.1 Å². The molecule has 1 aromatic rings. The van der Waals surface area contributed by atoms with Gasteiger partial charge in [0.25, 0.3) is 0 Å². The topological polar surface area (TPSA) is 38.0 Å². The number of aryl methyl sites for hydroxylation is 1. The molecule has 0 aromatic heterocycles. The van der Waals surface area contributed by atoms with Gasteiger partial charge in [-0.25, -0.2) is 8.78 Å². The summed E-state index contributed by atoms with van der Waals surface area (Å²) in [7, 11) is 0. The Morgan fingerprint density at radius 1 is 1.32 bits per heavy atom. The van der Waals surface area contributed by atoms with E-state index in [1.807, 2.05) is 11.8 Å². The first-order valence-electron chi connectivity index (χ1n) is 6.20. The minimum Gasteiger partial charge on any atom is -0.271 e. The van der Waals surface area contributed by atoms with Crippen molar-refractivity contribution in [3.05, 3.63) is 34.9 Å². The Balaban J connectivity index is 2.39. The summed E-state index contributed by atoms with van der Waals surface area (Å²) >= 11 is 3.54. The molecule has 0 saturated carbocycles. The van der Waals surface area contributed by atoms with Crippen LogP contribution >= 0.6 is 23.5 Å². The van der Waals surface area contributed by atoms with Crippen LogP contribution in [0, 0.1) is 18.6 Å². The number of nitrogens with one attached hydrogen (secondary N) is 1. The molecule has 2 nitrogen and oxygen atoms in total. The van der Waals surface area contributed by atoms with Crippen molar-refractivity contribution in [1.29, 1.82) is 0 Å². The third kappa shape index (κ3) is 3.07. The van der Waals surface area contributed by atoms with Crippen LogP contribution in [0.5, 0.6) is 0 Å². The summed E-state index contributed by atoms with van der Waals surface area (Å²) in [5, 5.41) is 0.369. The van der Waals surface area contributed by atoms with Crippen LogP contribution in [0.1, 0.15) is 24.1 Å². The van der Waals surface area contributed by atoms with E-state index in [9.17, 15) is 8.78 Å². The number of hydrazine groups is 1. The molecule has 2 rings (SSSR count). The first-order valence-corrected chi connectivity index (χ1v) is 8.29. The zero-order chi connectivity index (χ0) is 14.0. The van der Waals surface area contributed by atoms with Crippen molar-refractivity contribution in [3.8, 4) is 0 Å². The van der Waals surface area contributed by atoms with Crippen molar-refractivity contribution < 1.29 is 8.78 Å². The highest BCUT2D eigenvalue weighted by Gasteiger charge is 2.34. The standard InChI is InChI=1S/C13H18F2N2S2/c1-7-3-4-9(14)10(11(7)15)12(17-16)13-8(2)18-5-6-19-13/h3-4,8,12-13,17H,5-6,16H2,1-2H3. The molecule has 3 atom stereocenters. The minimum absolute atomic E-state index is 0.0642. The van der Waals surface area contributed by atoms with Gasteiger partial charge in [0, 0.05) is 27.6 Å². The Bertz CT molecular complexity index is 457. The van der Waals surface area contributed by atoms with Crippen LogP contribution in [-0.4, -0.2) is 22.0 Å². The molecule has 1 aromatic carbocycles. The lowest BCUT2D eigenvalue weighted by molar-refractivity contribution is 0.459. The summed E-state index contributed by atoms with van der Waals surface area (Å²) in [5.74, 6) is 6.60. The second-order valence-corrected chi connectivity index (χ2v) is 7.42. The number of thioether (sulfide) groups is 2. The molecular formula is C13H18F2N2S2. The summed E-state index contributed by atoms with van der Waals surface area (Å²) in [4.78, 5) is 0. The van der Waals surface area contributed by atoms with Crippen molar-refractivity contribution in [3.63, 3.8) is 0 Å². The number of hydrogen-bond donors (Lipinski definition) is 2. The van der Waals surface area contributed by atoms with Gasteiger partial charge in [0.2, 0.25) is 0 Å². The number of rotatable bonds is 3. The smallest absolute Gasteiger partial charge is 0.133 e. The maximum atomic E-state index is 14.2. The van der Waals surface area contributed by atoms with Crippen LogP contribution in [0.3, 0.4) is 0 Å². The molecule has 3 unspecified atom stereocenters. The molecule has 1 aliphatic heterocycles. The number of hydrogen-bond acceptors (Lipinski definition) is 4. The fraction of sp³-hybridized carbons (Fsp3) is 0.538. The molecule has 106 valence electrons. The van der Waals surface area contributed by atoms with E-state index in [4.69, 9.17) is 5.84 Å². The summed E-state index contributed by atoms with van der Waals surface area (Å²) < 4.78 is 28.2. The van der Waals surface area contributed by atoms with Gasteiger partial charge in [-0.05, 0) is 18.6 Å². The van der Waals surface area contributed by atoms with E-state index >= 15 is 0 Å². The Morgan fingerprint density at radius 3 is 2.63 bits per heavy atom. The fourth-order valence-corrected chi connectivity index (χ4v) is 5.23. The summed E-state index contributed by atoms with van der Waals surface area (Å²) in [6, 6.07) is 2.25. The fourth-order valence-electron chi connectivity index (χ4n) is 2.32. The van der Waals surface area contributed by atoms with E-state index in [1.54, 1.807) is 18.7 Å². The van der Waals surface area contributed by atoms with E-state index in [0.29, 0.717) is 10.8 Å². The highest BCUT2D eigenvalue weighted by atomic mass is 32.2. The maximum absolute atomic E-state index is 14.2. The third-order valence-electron chi connectivity index (χ3n) is 3.38. The molecule has 1 aliphatic rings. The van der Waals surface area contributed by atoms with Crippen molar-refractivity contribution in [2.24, 2.45) is 5.84 Å². The van der Waals surface area contributed by atoms with Gasteiger partial charge >= 0.3 is 0 Å². The molecular weight excluding hydrogens is 286 g/mol. The molecule has 1 heterocycles. The second-order valence-electron chi connectivity index (χ2n) is 4.65. The Morgan fingerprint density at radius 2 is 2.00 bits per heavy atom. The Hall–Kier alpha value is -0.300. The molecule has 6 heteroatoms. The lowest BCUT2D eigenvalue weighted by Crippen LogP contribution is -2.42. The highest BCUT2D eigenvalue weighted by Crippen LogP contribution is 2.39. The van der Waals surface area contributed by atoms with Gasteiger partial charge in [0.1, 0.15) is 11.6 Å². The maximum Gasteiger partial charge on any atom is 0.133 e. The zero-order valence-corrected chi connectivity index (χ0v) is 12.6. The predicted molar refractivity (Wildman–Crippen MR) is 79.3 cm³/mol. The van der Waals surface area contributed by atoms with Crippen LogP contribution in [-0.2, 0) is 0 Å². The van der Waals surface area contributed by atoms with Gasteiger partial charge in [-0.2, -0.15) is 23.5 Å². The SMILES string of the molecule is Cc1ccc(F)c(C(NN)C2SCCSC2C)c1F. The molecule has 1 saturated heterocycles. The molecule has 3 N–H and O–H groups in total. The summed E-state index contributed by atoms with van der Waals surface area (Å²) in [5.41, 5.74) is 3.12. The van der Waals surface area contributed by atoms with Crippen LogP contribution in [0.15, 0.2) is 12.1 Å². The molecule has 0 radical (unpaired) electrons. The first kappa shape index (κ1) is 15.1.